The summed E-state index contributed by atoms with van der Waals surface area (Å²) in [4.78, 5) is 10.6. The van der Waals surface area contributed by atoms with Gasteiger partial charge in [0.1, 0.15) is 18.0 Å². The molecule has 0 fully saturated rings. The number of anilines is 2. The Kier molecular flexibility index (Phi) is 5.18. The van der Waals surface area contributed by atoms with Crippen LogP contribution >= 0.6 is 11.6 Å². The van der Waals surface area contributed by atoms with Crippen molar-refractivity contribution >= 4 is 23.2 Å². The van der Waals surface area contributed by atoms with Crippen molar-refractivity contribution in [3.8, 4) is 0 Å². The molecule has 0 saturated heterocycles. The van der Waals surface area contributed by atoms with Gasteiger partial charge in [0.2, 0.25) is 0 Å². The first-order valence-corrected chi connectivity index (χ1v) is 7.08. The molecule has 1 aromatic carbocycles. The Balaban J connectivity index is 2.06. The van der Waals surface area contributed by atoms with Crippen molar-refractivity contribution in [3.63, 3.8) is 0 Å². The van der Waals surface area contributed by atoms with E-state index in [1.807, 2.05) is 31.3 Å². The van der Waals surface area contributed by atoms with E-state index in [0.29, 0.717) is 0 Å². The Morgan fingerprint density at radius 3 is 2.85 bits per heavy atom. The molecular formula is C15H19ClN4. The Labute approximate surface area is 124 Å². The number of hydrogen-bond donors (Lipinski definition) is 1. The van der Waals surface area contributed by atoms with Crippen LogP contribution in [0.15, 0.2) is 36.7 Å². The molecule has 2 rings (SSSR count). The maximum Gasteiger partial charge on any atom is 0.134 e. The van der Waals surface area contributed by atoms with Crippen LogP contribution in [0.25, 0.3) is 0 Å². The van der Waals surface area contributed by atoms with Gasteiger partial charge in [-0.25, -0.2) is 9.97 Å². The Hall–Kier alpha value is -1.81. The highest BCUT2D eigenvalue weighted by atomic mass is 35.5. The van der Waals surface area contributed by atoms with Gasteiger partial charge in [0.05, 0.1) is 0 Å². The average molecular weight is 291 g/mol. The zero-order valence-corrected chi connectivity index (χ0v) is 12.6. The van der Waals surface area contributed by atoms with Gasteiger partial charge in [0, 0.05) is 31.2 Å². The maximum absolute atomic E-state index is 6.00. The third-order valence-corrected chi connectivity index (χ3v) is 3.14. The normalized spacial score (nSPS) is 10.3. The molecule has 0 aliphatic heterocycles. The summed E-state index contributed by atoms with van der Waals surface area (Å²) in [7, 11) is 2.01. The van der Waals surface area contributed by atoms with Crippen LogP contribution in [-0.2, 0) is 6.54 Å². The predicted octanol–water partition coefficient (Wildman–Crippen LogP) is 3.59. The summed E-state index contributed by atoms with van der Waals surface area (Å²) < 4.78 is 0. The van der Waals surface area contributed by atoms with Crippen molar-refractivity contribution in [1.29, 1.82) is 0 Å². The molecule has 0 aliphatic carbocycles. The fraction of sp³-hybridized carbons (Fsp3) is 0.333. The first-order chi connectivity index (χ1) is 9.69. The van der Waals surface area contributed by atoms with Crippen molar-refractivity contribution in [2.45, 2.75) is 19.9 Å². The minimum atomic E-state index is 0.754. The van der Waals surface area contributed by atoms with Crippen molar-refractivity contribution < 1.29 is 0 Å². The second kappa shape index (κ2) is 7.10. The Bertz CT molecular complexity index is 559. The largest absolute Gasteiger partial charge is 0.370 e. The zero-order chi connectivity index (χ0) is 14.4. The number of benzene rings is 1. The number of halogens is 1. The molecule has 0 aliphatic rings. The van der Waals surface area contributed by atoms with Crippen molar-refractivity contribution in [3.05, 3.63) is 47.2 Å². The molecule has 1 heterocycles. The quantitative estimate of drug-likeness (QED) is 0.883. The SMILES string of the molecule is CCCNc1cc(N(C)Cc2cccc(Cl)c2)ncn1. The lowest BCUT2D eigenvalue weighted by atomic mass is 10.2. The summed E-state index contributed by atoms with van der Waals surface area (Å²) in [6.07, 6.45) is 2.65. The summed E-state index contributed by atoms with van der Waals surface area (Å²) in [6, 6.07) is 9.82. The molecule has 0 amide bonds. The van der Waals surface area contributed by atoms with Crippen LogP contribution in [0.1, 0.15) is 18.9 Å². The van der Waals surface area contributed by atoms with Crippen molar-refractivity contribution in [2.75, 3.05) is 23.8 Å². The molecule has 0 atom stereocenters. The minimum Gasteiger partial charge on any atom is -0.370 e. The molecule has 0 bridgehead atoms. The van der Waals surface area contributed by atoms with Gasteiger partial charge in [-0.3, -0.25) is 0 Å². The minimum absolute atomic E-state index is 0.754. The summed E-state index contributed by atoms with van der Waals surface area (Å²) in [5.74, 6) is 1.74. The summed E-state index contributed by atoms with van der Waals surface area (Å²) in [5, 5.41) is 4.02. The van der Waals surface area contributed by atoms with Gasteiger partial charge < -0.3 is 10.2 Å². The molecule has 20 heavy (non-hydrogen) atoms. The smallest absolute Gasteiger partial charge is 0.134 e. The van der Waals surface area contributed by atoms with E-state index in [1.54, 1.807) is 6.33 Å². The van der Waals surface area contributed by atoms with Gasteiger partial charge in [0.25, 0.3) is 0 Å². The first kappa shape index (κ1) is 14.6. The lowest BCUT2D eigenvalue weighted by molar-refractivity contribution is 0.888. The van der Waals surface area contributed by atoms with E-state index in [0.717, 1.165) is 41.7 Å². The third kappa shape index (κ3) is 4.10. The fourth-order valence-electron chi connectivity index (χ4n) is 1.90. The molecule has 106 valence electrons. The molecule has 0 saturated carbocycles. The van der Waals surface area contributed by atoms with Gasteiger partial charge in [-0.05, 0) is 24.1 Å². The van der Waals surface area contributed by atoms with Crippen molar-refractivity contribution in [1.82, 2.24) is 9.97 Å². The van der Waals surface area contributed by atoms with Crippen molar-refractivity contribution in [2.24, 2.45) is 0 Å². The molecule has 2 aromatic rings. The highest BCUT2D eigenvalue weighted by molar-refractivity contribution is 6.30. The average Bonchev–Trinajstić information content (AvgIpc) is 2.45. The summed E-state index contributed by atoms with van der Waals surface area (Å²) in [6.45, 7) is 3.79. The topological polar surface area (TPSA) is 41.0 Å². The molecular weight excluding hydrogens is 272 g/mol. The van der Waals surface area contributed by atoms with Gasteiger partial charge in [-0.15, -0.1) is 0 Å². The predicted molar refractivity (Wildman–Crippen MR) is 84.4 cm³/mol. The van der Waals surface area contributed by atoms with Gasteiger partial charge in [0.15, 0.2) is 0 Å². The molecule has 4 nitrogen and oxygen atoms in total. The highest BCUT2D eigenvalue weighted by Gasteiger charge is 2.05. The summed E-state index contributed by atoms with van der Waals surface area (Å²) >= 11 is 6.00. The van der Waals surface area contributed by atoms with E-state index in [2.05, 4.69) is 33.2 Å². The van der Waals surface area contributed by atoms with Crippen LogP contribution in [-0.4, -0.2) is 23.6 Å². The van der Waals surface area contributed by atoms with E-state index in [9.17, 15) is 0 Å². The fourth-order valence-corrected chi connectivity index (χ4v) is 2.11. The molecule has 0 unspecified atom stereocenters. The molecule has 5 heteroatoms. The van der Waals surface area contributed by atoms with E-state index in [1.165, 1.54) is 0 Å². The lowest BCUT2D eigenvalue weighted by Gasteiger charge is -2.18. The second-order valence-electron chi connectivity index (χ2n) is 4.67. The second-order valence-corrected chi connectivity index (χ2v) is 5.11. The van der Waals surface area contributed by atoms with Gasteiger partial charge >= 0.3 is 0 Å². The summed E-state index contributed by atoms with van der Waals surface area (Å²) in [5.41, 5.74) is 1.15. The monoisotopic (exact) mass is 290 g/mol. The van der Waals surface area contributed by atoms with Crippen LogP contribution in [0.5, 0.6) is 0 Å². The number of nitrogens with one attached hydrogen (secondary N) is 1. The van der Waals surface area contributed by atoms with E-state index in [4.69, 9.17) is 11.6 Å². The number of nitrogens with zero attached hydrogens (tertiary/aromatic N) is 3. The Morgan fingerprint density at radius 1 is 1.25 bits per heavy atom. The van der Waals surface area contributed by atoms with Crippen LogP contribution < -0.4 is 10.2 Å². The Morgan fingerprint density at radius 2 is 2.10 bits per heavy atom. The highest BCUT2D eigenvalue weighted by Crippen LogP contribution is 2.17. The molecule has 1 aromatic heterocycles. The van der Waals surface area contributed by atoms with E-state index >= 15 is 0 Å². The third-order valence-electron chi connectivity index (χ3n) is 2.91. The number of aromatic nitrogens is 2. The van der Waals surface area contributed by atoms with E-state index in [-0.39, 0.29) is 0 Å². The lowest BCUT2D eigenvalue weighted by Crippen LogP contribution is -2.18. The molecule has 0 spiro atoms. The standard InChI is InChI=1S/C15H19ClN4/c1-3-7-17-14-9-15(19-11-18-14)20(2)10-12-5-4-6-13(16)8-12/h4-6,8-9,11H,3,7,10H2,1-2H3,(H,17,18,19). The van der Waals surface area contributed by atoms with Crippen LogP contribution in [0.2, 0.25) is 5.02 Å². The molecule has 0 radical (unpaired) electrons. The zero-order valence-electron chi connectivity index (χ0n) is 11.8. The maximum atomic E-state index is 6.00. The molecule has 1 N–H and O–H groups in total. The van der Waals surface area contributed by atoms with Crippen LogP contribution in [0, 0.1) is 0 Å². The van der Waals surface area contributed by atoms with E-state index < -0.39 is 0 Å². The first-order valence-electron chi connectivity index (χ1n) is 6.70. The number of hydrogen-bond acceptors (Lipinski definition) is 4. The number of rotatable bonds is 6. The van der Waals surface area contributed by atoms with Crippen LogP contribution in [0.4, 0.5) is 11.6 Å². The van der Waals surface area contributed by atoms with Gasteiger partial charge in [-0.1, -0.05) is 30.7 Å². The van der Waals surface area contributed by atoms with Crippen LogP contribution in [0.3, 0.4) is 0 Å². The van der Waals surface area contributed by atoms with Gasteiger partial charge in [-0.2, -0.15) is 0 Å².